The van der Waals surface area contributed by atoms with Crippen molar-refractivity contribution in [2.75, 3.05) is 0 Å². The number of aryl methyl sites for hydroxylation is 3. The maximum atomic E-state index is 13.1. The first-order valence-electron chi connectivity index (χ1n) is 6.33. The molecule has 0 fully saturated rings. The van der Waals surface area contributed by atoms with Crippen LogP contribution in [0.3, 0.4) is 0 Å². The van der Waals surface area contributed by atoms with Gasteiger partial charge in [0.15, 0.2) is 0 Å². The Hall–Kier alpha value is -1.68. The Kier molecular flexibility index (Phi) is 3.71. The Morgan fingerprint density at radius 2 is 2.00 bits per heavy atom. The number of aliphatic hydroxyl groups is 1. The molecule has 102 valence electrons. The van der Waals surface area contributed by atoms with Crippen LogP contribution >= 0.6 is 0 Å². The fraction of sp³-hybridized carbons (Fsp3) is 0.400. The Bertz CT molecular complexity index is 604. The van der Waals surface area contributed by atoms with Gasteiger partial charge in [0.1, 0.15) is 5.82 Å². The van der Waals surface area contributed by atoms with Gasteiger partial charge in [-0.15, -0.1) is 0 Å². The summed E-state index contributed by atoms with van der Waals surface area (Å²) in [5.74, 6) is -0.276. The van der Waals surface area contributed by atoms with Crippen LogP contribution < -0.4 is 0 Å². The Labute approximate surface area is 112 Å². The average Bonchev–Trinajstić information content (AvgIpc) is 2.56. The molecule has 4 heteroatoms. The van der Waals surface area contributed by atoms with Crippen LogP contribution in [0.25, 0.3) is 0 Å². The van der Waals surface area contributed by atoms with Gasteiger partial charge in [-0.1, -0.05) is 6.07 Å². The molecule has 1 atom stereocenters. The summed E-state index contributed by atoms with van der Waals surface area (Å²) in [5.41, 5.74) is 4.57. The van der Waals surface area contributed by atoms with E-state index in [1.54, 1.807) is 6.07 Å². The fourth-order valence-corrected chi connectivity index (χ4v) is 2.43. The summed E-state index contributed by atoms with van der Waals surface area (Å²) in [6.07, 6.45) is -0.139. The molecule has 0 bridgehead atoms. The van der Waals surface area contributed by atoms with Gasteiger partial charge in [-0.05, 0) is 49.6 Å². The van der Waals surface area contributed by atoms with E-state index in [-0.39, 0.29) is 5.82 Å². The van der Waals surface area contributed by atoms with Gasteiger partial charge in [-0.3, -0.25) is 4.68 Å². The van der Waals surface area contributed by atoms with Crippen molar-refractivity contribution in [1.82, 2.24) is 9.78 Å². The molecule has 0 saturated carbocycles. The number of nitrogens with zero attached hydrogens (tertiary/aromatic N) is 2. The van der Waals surface area contributed by atoms with Crippen LogP contribution in [0, 0.1) is 26.6 Å². The first kappa shape index (κ1) is 13.7. The molecule has 1 N–H and O–H groups in total. The van der Waals surface area contributed by atoms with Crippen molar-refractivity contribution in [3.05, 3.63) is 52.1 Å². The summed E-state index contributed by atoms with van der Waals surface area (Å²) in [6, 6.07) is 4.48. The predicted octanol–water partition coefficient (Wildman–Crippen LogP) is 2.76. The zero-order valence-corrected chi connectivity index (χ0v) is 11.7. The summed E-state index contributed by atoms with van der Waals surface area (Å²) in [4.78, 5) is 0. The van der Waals surface area contributed by atoms with E-state index in [4.69, 9.17) is 0 Å². The summed E-state index contributed by atoms with van der Waals surface area (Å²) < 4.78 is 14.9. The molecule has 0 spiro atoms. The van der Waals surface area contributed by atoms with Gasteiger partial charge in [0.2, 0.25) is 0 Å². The second kappa shape index (κ2) is 5.13. The zero-order valence-electron chi connectivity index (χ0n) is 11.7. The molecule has 0 aliphatic heterocycles. The van der Waals surface area contributed by atoms with Crippen molar-refractivity contribution in [3.8, 4) is 0 Å². The molecule has 3 nitrogen and oxygen atoms in total. The van der Waals surface area contributed by atoms with Crippen molar-refractivity contribution in [2.24, 2.45) is 7.05 Å². The third kappa shape index (κ3) is 2.68. The lowest BCUT2D eigenvalue weighted by molar-refractivity contribution is 0.177. The number of aliphatic hydroxyl groups excluding tert-OH is 1. The SMILES string of the molecule is Cc1cc(F)ccc1C(O)Cc1c(C)nn(C)c1C. The molecule has 2 rings (SSSR count). The Balaban J connectivity index is 2.28. The molecule has 0 saturated heterocycles. The lowest BCUT2D eigenvalue weighted by Gasteiger charge is -2.14. The molecule has 0 radical (unpaired) electrons. The van der Waals surface area contributed by atoms with Crippen molar-refractivity contribution < 1.29 is 9.50 Å². The van der Waals surface area contributed by atoms with Crippen LogP contribution in [0.5, 0.6) is 0 Å². The van der Waals surface area contributed by atoms with Gasteiger partial charge in [0.05, 0.1) is 11.8 Å². The Morgan fingerprint density at radius 1 is 1.32 bits per heavy atom. The molecule has 1 aromatic carbocycles. The summed E-state index contributed by atoms with van der Waals surface area (Å²) in [6.45, 7) is 5.73. The van der Waals surface area contributed by atoms with E-state index in [9.17, 15) is 9.50 Å². The second-order valence-electron chi connectivity index (χ2n) is 4.99. The minimum absolute atomic E-state index is 0.276. The normalized spacial score (nSPS) is 12.7. The summed E-state index contributed by atoms with van der Waals surface area (Å²) in [5, 5.41) is 14.7. The molecule has 1 unspecified atom stereocenters. The lowest BCUT2D eigenvalue weighted by Crippen LogP contribution is -2.06. The number of aromatic nitrogens is 2. The number of hydrogen-bond acceptors (Lipinski definition) is 2. The van der Waals surface area contributed by atoms with Gasteiger partial charge in [0, 0.05) is 19.2 Å². The predicted molar refractivity (Wildman–Crippen MR) is 72.5 cm³/mol. The number of rotatable bonds is 3. The summed E-state index contributed by atoms with van der Waals surface area (Å²) >= 11 is 0. The molecule has 0 aliphatic rings. The molecule has 2 aromatic rings. The standard InChI is InChI=1S/C15H19FN2O/c1-9-7-12(16)5-6-13(9)15(19)8-14-10(2)17-18(4)11(14)3/h5-7,15,19H,8H2,1-4H3. The van der Waals surface area contributed by atoms with E-state index in [1.807, 2.05) is 32.5 Å². The highest BCUT2D eigenvalue weighted by Gasteiger charge is 2.17. The third-order valence-corrected chi connectivity index (χ3v) is 3.65. The number of hydrogen-bond donors (Lipinski definition) is 1. The van der Waals surface area contributed by atoms with Crippen LogP contribution in [0.4, 0.5) is 4.39 Å². The van der Waals surface area contributed by atoms with Gasteiger partial charge in [-0.2, -0.15) is 5.10 Å². The molecule has 0 aliphatic carbocycles. The third-order valence-electron chi connectivity index (χ3n) is 3.65. The van der Waals surface area contributed by atoms with Crippen LogP contribution in [0.1, 0.15) is 34.2 Å². The fourth-order valence-electron chi connectivity index (χ4n) is 2.43. The molecule has 1 aromatic heterocycles. The van der Waals surface area contributed by atoms with Crippen molar-refractivity contribution in [3.63, 3.8) is 0 Å². The molecular formula is C15H19FN2O. The van der Waals surface area contributed by atoms with E-state index >= 15 is 0 Å². The monoisotopic (exact) mass is 262 g/mol. The van der Waals surface area contributed by atoms with E-state index in [2.05, 4.69) is 5.10 Å². The maximum Gasteiger partial charge on any atom is 0.123 e. The van der Waals surface area contributed by atoms with E-state index < -0.39 is 6.10 Å². The topological polar surface area (TPSA) is 38.1 Å². The minimum atomic E-state index is -0.637. The van der Waals surface area contributed by atoms with Crippen LogP contribution in [-0.2, 0) is 13.5 Å². The lowest BCUT2D eigenvalue weighted by atomic mass is 9.97. The van der Waals surface area contributed by atoms with E-state index in [0.29, 0.717) is 6.42 Å². The molecule has 1 heterocycles. The second-order valence-corrected chi connectivity index (χ2v) is 4.99. The van der Waals surface area contributed by atoms with E-state index in [1.165, 1.54) is 12.1 Å². The molecular weight excluding hydrogens is 243 g/mol. The minimum Gasteiger partial charge on any atom is -0.388 e. The van der Waals surface area contributed by atoms with Crippen molar-refractivity contribution in [2.45, 2.75) is 33.3 Å². The Morgan fingerprint density at radius 3 is 2.53 bits per heavy atom. The molecule has 0 amide bonds. The van der Waals surface area contributed by atoms with Crippen LogP contribution in [0.15, 0.2) is 18.2 Å². The van der Waals surface area contributed by atoms with E-state index in [0.717, 1.165) is 28.1 Å². The van der Waals surface area contributed by atoms with Crippen molar-refractivity contribution >= 4 is 0 Å². The van der Waals surface area contributed by atoms with Gasteiger partial charge >= 0.3 is 0 Å². The molecule has 19 heavy (non-hydrogen) atoms. The van der Waals surface area contributed by atoms with Crippen LogP contribution in [-0.4, -0.2) is 14.9 Å². The average molecular weight is 262 g/mol. The summed E-state index contributed by atoms with van der Waals surface area (Å²) in [7, 11) is 1.89. The number of benzene rings is 1. The van der Waals surface area contributed by atoms with Crippen molar-refractivity contribution in [1.29, 1.82) is 0 Å². The quantitative estimate of drug-likeness (QED) is 0.923. The highest BCUT2D eigenvalue weighted by Crippen LogP contribution is 2.25. The van der Waals surface area contributed by atoms with Gasteiger partial charge in [-0.25, -0.2) is 4.39 Å². The maximum absolute atomic E-state index is 13.1. The first-order valence-corrected chi connectivity index (χ1v) is 6.33. The smallest absolute Gasteiger partial charge is 0.123 e. The van der Waals surface area contributed by atoms with Crippen LogP contribution in [0.2, 0.25) is 0 Å². The zero-order chi connectivity index (χ0) is 14.2. The van der Waals surface area contributed by atoms with Gasteiger partial charge < -0.3 is 5.11 Å². The first-order chi connectivity index (χ1) is 8.90. The largest absolute Gasteiger partial charge is 0.388 e. The highest BCUT2D eigenvalue weighted by molar-refractivity contribution is 5.32. The number of halogens is 1. The van der Waals surface area contributed by atoms with Gasteiger partial charge in [0.25, 0.3) is 0 Å². The highest BCUT2D eigenvalue weighted by atomic mass is 19.1.